The van der Waals surface area contributed by atoms with Gasteiger partial charge in [-0.3, -0.25) is 4.79 Å². The highest BCUT2D eigenvalue weighted by atomic mass is 16.5. The highest BCUT2D eigenvalue weighted by Gasteiger charge is 2.24. The molecule has 8 nitrogen and oxygen atoms in total. The third-order valence-electron chi connectivity index (χ3n) is 4.66. The average molecular weight is 366 g/mol. The van der Waals surface area contributed by atoms with Crippen molar-refractivity contribution in [3.63, 3.8) is 0 Å². The van der Waals surface area contributed by atoms with Crippen LogP contribution < -0.4 is 9.64 Å². The van der Waals surface area contributed by atoms with E-state index >= 15 is 0 Å². The first-order valence-electron chi connectivity index (χ1n) is 9.10. The number of ether oxygens (including phenoxy) is 1. The summed E-state index contributed by atoms with van der Waals surface area (Å²) >= 11 is 0. The third kappa shape index (κ3) is 3.42. The second kappa shape index (κ2) is 7.22. The first kappa shape index (κ1) is 17.3. The lowest BCUT2D eigenvalue weighted by atomic mass is 10.1. The van der Waals surface area contributed by atoms with Gasteiger partial charge in [0.15, 0.2) is 0 Å². The summed E-state index contributed by atoms with van der Waals surface area (Å²) < 4.78 is 7.18. The number of carbonyl (C=O) groups is 1. The molecular formula is C19H22N6O2. The predicted molar refractivity (Wildman–Crippen MR) is 101 cm³/mol. The summed E-state index contributed by atoms with van der Waals surface area (Å²) in [6.45, 7) is 7.29. The highest BCUT2D eigenvalue weighted by molar-refractivity contribution is 5.94. The fraction of sp³-hybridized carbons (Fsp3) is 0.368. The van der Waals surface area contributed by atoms with Crippen molar-refractivity contribution in [2.75, 3.05) is 37.7 Å². The monoisotopic (exact) mass is 366 g/mol. The van der Waals surface area contributed by atoms with Crippen LogP contribution in [0.5, 0.6) is 5.75 Å². The van der Waals surface area contributed by atoms with E-state index in [0.717, 1.165) is 30.4 Å². The van der Waals surface area contributed by atoms with Crippen molar-refractivity contribution in [3.05, 3.63) is 47.9 Å². The van der Waals surface area contributed by atoms with Gasteiger partial charge < -0.3 is 14.5 Å². The summed E-state index contributed by atoms with van der Waals surface area (Å²) in [6, 6.07) is 9.34. The van der Waals surface area contributed by atoms with Crippen LogP contribution >= 0.6 is 0 Å². The number of rotatable bonds is 4. The van der Waals surface area contributed by atoms with Crippen LogP contribution in [0.25, 0.3) is 5.78 Å². The molecule has 0 N–H and O–H groups in total. The summed E-state index contributed by atoms with van der Waals surface area (Å²) in [5.74, 6) is 2.39. The lowest BCUT2D eigenvalue weighted by molar-refractivity contribution is 0.0746. The maximum absolute atomic E-state index is 12.8. The summed E-state index contributed by atoms with van der Waals surface area (Å²) in [5, 5.41) is 4.27. The number of aryl methyl sites for hydroxylation is 1. The number of benzene rings is 1. The van der Waals surface area contributed by atoms with Gasteiger partial charge in [-0.05, 0) is 38.1 Å². The molecule has 140 valence electrons. The van der Waals surface area contributed by atoms with Crippen molar-refractivity contribution in [1.82, 2.24) is 24.5 Å². The predicted octanol–water partition coefficient (Wildman–Crippen LogP) is 1.79. The van der Waals surface area contributed by atoms with E-state index in [0.29, 0.717) is 31.0 Å². The minimum absolute atomic E-state index is 0.0505. The van der Waals surface area contributed by atoms with Gasteiger partial charge >= 0.3 is 0 Å². The molecular weight excluding hydrogens is 344 g/mol. The maximum Gasteiger partial charge on any atom is 0.254 e. The molecule has 0 bridgehead atoms. The van der Waals surface area contributed by atoms with Gasteiger partial charge in [0.2, 0.25) is 0 Å². The van der Waals surface area contributed by atoms with Crippen LogP contribution in [0.4, 0.5) is 5.82 Å². The Bertz CT molecular complexity index is 944. The molecule has 8 heteroatoms. The number of hydrogen-bond acceptors (Lipinski definition) is 6. The van der Waals surface area contributed by atoms with Crippen LogP contribution in [0.15, 0.2) is 36.7 Å². The summed E-state index contributed by atoms with van der Waals surface area (Å²) in [7, 11) is 0. The van der Waals surface area contributed by atoms with Gasteiger partial charge in [0.1, 0.15) is 17.9 Å². The van der Waals surface area contributed by atoms with Gasteiger partial charge in [0.25, 0.3) is 11.7 Å². The van der Waals surface area contributed by atoms with Crippen molar-refractivity contribution in [2.24, 2.45) is 0 Å². The lowest BCUT2D eigenvalue weighted by Gasteiger charge is -2.36. The molecule has 0 atom stereocenters. The van der Waals surface area contributed by atoms with Gasteiger partial charge in [0, 0.05) is 43.5 Å². The molecule has 2 aromatic heterocycles. The van der Waals surface area contributed by atoms with Gasteiger partial charge in [-0.2, -0.15) is 14.6 Å². The number of fused-ring (bicyclic) bond motifs is 1. The molecule has 1 aliphatic rings. The topological polar surface area (TPSA) is 75.9 Å². The molecule has 0 radical (unpaired) electrons. The molecule has 1 aromatic carbocycles. The zero-order valence-electron chi connectivity index (χ0n) is 15.5. The Morgan fingerprint density at radius 3 is 2.59 bits per heavy atom. The zero-order valence-corrected chi connectivity index (χ0v) is 15.5. The van der Waals surface area contributed by atoms with Gasteiger partial charge in [0.05, 0.1) is 6.61 Å². The number of piperazine rings is 1. The molecule has 0 unspecified atom stereocenters. The Labute approximate surface area is 157 Å². The van der Waals surface area contributed by atoms with E-state index in [1.807, 2.05) is 49.1 Å². The van der Waals surface area contributed by atoms with E-state index < -0.39 is 0 Å². The second-order valence-electron chi connectivity index (χ2n) is 6.46. The van der Waals surface area contributed by atoms with Crippen LogP contribution in [0.2, 0.25) is 0 Å². The summed E-state index contributed by atoms with van der Waals surface area (Å²) in [5.41, 5.74) is 1.59. The van der Waals surface area contributed by atoms with Crippen molar-refractivity contribution >= 4 is 17.5 Å². The molecule has 0 saturated carbocycles. The minimum Gasteiger partial charge on any atom is -0.494 e. The van der Waals surface area contributed by atoms with E-state index in [2.05, 4.69) is 20.0 Å². The van der Waals surface area contributed by atoms with Crippen LogP contribution in [0.3, 0.4) is 0 Å². The normalized spacial score (nSPS) is 14.6. The quantitative estimate of drug-likeness (QED) is 0.701. The van der Waals surface area contributed by atoms with Crippen LogP contribution in [0, 0.1) is 6.92 Å². The summed E-state index contributed by atoms with van der Waals surface area (Å²) in [4.78, 5) is 25.4. The van der Waals surface area contributed by atoms with Crippen molar-refractivity contribution in [3.8, 4) is 5.75 Å². The van der Waals surface area contributed by atoms with Gasteiger partial charge in [-0.1, -0.05) is 0 Å². The molecule has 3 aromatic rings. The standard InChI is InChI=1S/C19H22N6O2/c1-3-27-16-6-4-15(5-7-16)18(26)24-10-8-23(9-11-24)17-12-14(2)22-19-20-13-21-25(17)19/h4-7,12-13H,3,8-11H2,1-2H3. The Balaban J connectivity index is 1.45. The molecule has 0 aliphatic carbocycles. The molecule has 1 aliphatic heterocycles. The van der Waals surface area contributed by atoms with E-state index in [1.165, 1.54) is 6.33 Å². The number of anilines is 1. The maximum atomic E-state index is 12.8. The van der Waals surface area contributed by atoms with Crippen LogP contribution in [-0.2, 0) is 0 Å². The first-order chi connectivity index (χ1) is 13.2. The van der Waals surface area contributed by atoms with E-state index in [4.69, 9.17) is 4.74 Å². The summed E-state index contributed by atoms with van der Waals surface area (Å²) in [6.07, 6.45) is 1.51. The first-order valence-corrected chi connectivity index (χ1v) is 9.10. The molecule has 1 saturated heterocycles. The van der Waals surface area contributed by atoms with E-state index in [9.17, 15) is 4.79 Å². The fourth-order valence-electron chi connectivity index (χ4n) is 3.32. The van der Waals surface area contributed by atoms with Crippen molar-refractivity contribution in [2.45, 2.75) is 13.8 Å². The third-order valence-corrected chi connectivity index (χ3v) is 4.66. The van der Waals surface area contributed by atoms with Crippen LogP contribution in [0.1, 0.15) is 23.0 Å². The minimum atomic E-state index is 0.0505. The Kier molecular flexibility index (Phi) is 4.62. The van der Waals surface area contributed by atoms with Gasteiger partial charge in [-0.15, -0.1) is 0 Å². The highest BCUT2D eigenvalue weighted by Crippen LogP contribution is 2.19. The number of nitrogens with zero attached hydrogens (tertiary/aromatic N) is 6. The molecule has 1 amide bonds. The fourth-order valence-corrected chi connectivity index (χ4v) is 3.32. The molecule has 3 heterocycles. The number of carbonyl (C=O) groups excluding carboxylic acids is 1. The zero-order chi connectivity index (χ0) is 18.8. The smallest absolute Gasteiger partial charge is 0.254 e. The Morgan fingerprint density at radius 2 is 1.89 bits per heavy atom. The van der Waals surface area contributed by atoms with Gasteiger partial charge in [-0.25, -0.2) is 4.98 Å². The lowest BCUT2D eigenvalue weighted by Crippen LogP contribution is -2.49. The average Bonchev–Trinajstić information content (AvgIpc) is 3.16. The molecule has 0 spiro atoms. The van der Waals surface area contributed by atoms with E-state index in [-0.39, 0.29) is 5.91 Å². The molecule has 27 heavy (non-hydrogen) atoms. The van der Waals surface area contributed by atoms with Crippen LogP contribution in [-0.4, -0.2) is 63.2 Å². The van der Waals surface area contributed by atoms with Crippen molar-refractivity contribution < 1.29 is 9.53 Å². The number of hydrogen-bond donors (Lipinski definition) is 0. The molecule has 1 fully saturated rings. The Hall–Kier alpha value is -3.16. The molecule has 4 rings (SSSR count). The SMILES string of the molecule is CCOc1ccc(C(=O)N2CCN(c3cc(C)nc4ncnn34)CC2)cc1. The number of amides is 1. The van der Waals surface area contributed by atoms with Crippen molar-refractivity contribution in [1.29, 1.82) is 0 Å². The largest absolute Gasteiger partial charge is 0.494 e. The Morgan fingerprint density at radius 1 is 1.15 bits per heavy atom. The van der Waals surface area contributed by atoms with E-state index in [1.54, 1.807) is 4.52 Å². The second-order valence-corrected chi connectivity index (χ2v) is 6.46. The number of aromatic nitrogens is 4.